The van der Waals surface area contributed by atoms with Crippen LogP contribution in [0, 0.1) is 6.92 Å². The minimum atomic E-state index is -0.545. The minimum absolute atomic E-state index is 0.402. The largest absolute Gasteiger partial charge is 0.494 e. The average molecular weight is 316 g/mol. The molecule has 0 aliphatic carbocycles. The van der Waals surface area contributed by atoms with E-state index >= 15 is 0 Å². The average Bonchev–Trinajstić information content (AvgIpc) is 2.93. The molecule has 1 aliphatic heterocycles. The number of fused-ring (bicyclic) bond motifs is 1. The number of carbonyl (C=O) groups excluding carboxylic acids is 1. The molecule has 0 radical (unpaired) electrons. The maximum atomic E-state index is 12.1. The van der Waals surface area contributed by atoms with E-state index in [1.807, 2.05) is 40.7 Å². The summed E-state index contributed by atoms with van der Waals surface area (Å²) in [5.41, 5.74) is 1.63. The zero-order chi connectivity index (χ0) is 17.0. The zero-order valence-corrected chi connectivity index (χ0v) is 14.3. The van der Waals surface area contributed by atoms with Gasteiger partial charge in [-0.2, -0.15) is 0 Å². The number of carbonyl (C=O) groups is 1. The van der Waals surface area contributed by atoms with Crippen LogP contribution in [0.15, 0.2) is 12.1 Å². The Kier molecular flexibility index (Phi) is 3.53. The van der Waals surface area contributed by atoms with Crippen molar-refractivity contribution in [2.45, 2.75) is 45.8 Å². The molecule has 0 saturated carbocycles. The molecule has 0 atom stereocenters. The number of nitrogens with zero attached hydrogens (tertiary/aromatic N) is 1. The molecule has 1 aromatic heterocycles. The number of esters is 1. The van der Waals surface area contributed by atoms with E-state index in [0.29, 0.717) is 11.1 Å². The highest BCUT2D eigenvalue weighted by Gasteiger charge is 2.51. The van der Waals surface area contributed by atoms with Crippen molar-refractivity contribution in [3.8, 4) is 0 Å². The van der Waals surface area contributed by atoms with Gasteiger partial charge in [0.1, 0.15) is 11.3 Å². The molecule has 1 N–H and O–H groups in total. The first kappa shape index (κ1) is 16.0. The number of hydrogen-bond donors (Lipinski definition) is 1. The van der Waals surface area contributed by atoms with E-state index in [4.69, 9.17) is 14.0 Å². The molecule has 0 amide bonds. The number of imidazole rings is 1. The first-order chi connectivity index (χ1) is 10.6. The predicted octanol–water partition coefficient (Wildman–Crippen LogP) is 1.96. The third-order valence-corrected chi connectivity index (χ3v) is 4.66. The lowest BCUT2D eigenvalue weighted by molar-refractivity contribution is 0.00578. The van der Waals surface area contributed by atoms with Crippen LogP contribution in [0.4, 0.5) is 0 Å². The molecule has 0 spiro atoms. The lowest BCUT2D eigenvalue weighted by Gasteiger charge is -2.32. The van der Waals surface area contributed by atoms with E-state index < -0.39 is 24.3 Å². The Bertz CT molecular complexity index is 766. The molecule has 1 aliphatic rings. The van der Waals surface area contributed by atoms with Gasteiger partial charge < -0.3 is 19.0 Å². The first-order valence-electron chi connectivity index (χ1n) is 7.59. The summed E-state index contributed by atoms with van der Waals surface area (Å²) < 4.78 is 17.0. The first-order valence-corrected chi connectivity index (χ1v) is 7.59. The lowest BCUT2D eigenvalue weighted by atomic mass is 9.78. The van der Waals surface area contributed by atoms with Crippen molar-refractivity contribution in [1.29, 1.82) is 0 Å². The molecule has 6 nitrogen and oxygen atoms in total. The van der Waals surface area contributed by atoms with Gasteiger partial charge in [0.2, 0.25) is 0 Å². The molecule has 1 saturated heterocycles. The third kappa shape index (κ3) is 2.54. The second kappa shape index (κ2) is 5.07. The van der Waals surface area contributed by atoms with Crippen molar-refractivity contribution >= 4 is 29.6 Å². The molecule has 23 heavy (non-hydrogen) atoms. The summed E-state index contributed by atoms with van der Waals surface area (Å²) in [5.74, 6) is 0.302. The highest BCUT2D eigenvalue weighted by Crippen LogP contribution is 2.36. The number of hydrogen-bond acceptors (Lipinski definition) is 5. The molecule has 0 unspecified atom stereocenters. The topological polar surface area (TPSA) is 73.4 Å². The van der Waals surface area contributed by atoms with Gasteiger partial charge in [-0.15, -0.1) is 0 Å². The van der Waals surface area contributed by atoms with Crippen LogP contribution in [0.5, 0.6) is 0 Å². The molecule has 3 rings (SSSR count). The smallest absolute Gasteiger partial charge is 0.465 e. The van der Waals surface area contributed by atoms with E-state index in [2.05, 4.69) is 9.97 Å². The fraction of sp³-hybridized carbons (Fsp3) is 0.500. The second-order valence-corrected chi connectivity index (χ2v) is 6.87. The minimum Gasteiger partial charge on any atom is -0.465 e. The van der Waals surface area contributed by atoms with Gasteiger partial charge in [0.25, 0.3) is 0 Å². The van der Waals surface area contributed by atoms with Gasteiger partial charge >= 0.3 is 13.1 Å². The van der Waals surface area contributed by atoms with Crippen molar-refractivity contribution in [3.05, 3.63) is 23.5 Å². The number of nitrogens with one attached hydrogen (secondary N) is 1. The Morgan fingerprint density at radius 2 is 1.83 bits per heavy atom. The van der Waals surface area contributed by atoms with Gasteiger partial charge in [-0.25, -0.2) is 9.78 Å². The maximum absolute atomic E-state index is 12.1. The predicted molar refractivity (Wildman–Crippen MR) is 87.9 cm³/mol. The van der Waals surface area contributed by atoms with Gasteiger partial charge in [0.05, 0.1) is 29.4 Å². The number of H-pyrrole nitrogens is 1. The summed E-state index contributed by atoms with van der Waals surface area (Å²) >= 11 is 0. The zero-order valence-electron chi connectivity index (χ0n) is 14.3. The lowest BCUT2D eigenvalue weighted by Crippen LogP contribution is -2.41. The Hall–Kier alpha value is -1.86. The number of ether oxygens (including phenoxy) is 1. The molecule has 2 heterocycles. The quantitative estimate of drug-likeness (QED) is 0.677. The highest BCUT2D eigenvalue weighted by molar-refractivity contribution is 6.62. The Labute approximate surface area is 135 Å². The summed E-state index contributed by atoms with van der Waals surface area (Å²) in [7, 11) is 0.811. The van der Waals surface area contributed by atoms with Gasteiger partial charge in [-0.1, -0.05) is 0 Å². The summed E-state index contributed by atoms with van der Waals surface area (Å²) in [6, 6.07) is 3.64. The van der Waals surface area contributed by atoms with Crippen molar-refractivity contribution in [3.63, 3.8) is 0 Å². The van der Waals surface area contributed by atoms with Crippen molar-refractivity contribution in [1.82, 2.24) is 9.97 Å². The number of aromatic nitrogens is 2. The number of aromatic amines is 1. The molecule has 122 valence electrons. The van der Waals surface area contributed by atoms with Crippen LogP contribution in [-0.4, -0.2) is 41.4 Å². The molecular formula is C16H21BN2O4. The standard InChI is InChI=1S/C16H21BN2O4/c1-9-18-12-8-10(7-11(13(12)19-9)14(20)21-6)17-22-15(2,3)16(4,5)23-17/h7-8H,1-6H3,(H,18,19). The Morgan fingerprint density at radius 3 is 2.39 bits per heavy atom. The Balaban J connectivity index is 2.11. The van der Waals surface area contributed by atoms with E-state index in [1.165, 1.54) is 7.11 Å². The molecule has 1 fully saturated rings. The highest BCUT2D eigenvalue weighted by atomic mass is 16.7. The van der Waals surface area contributed by atoms with Crippen LogP contribution in [0.2, 0.25) is 0 Å². The van der Waals surface area contributed by atoms with Crippen molar-refractivity contribution in [2.75, 3.05) is 7.11 Å². The summed E-state index contributed by atoms with van der Waals surface area (Å²) in [5, 5.41) is 0. The van der Waals surface area contributed by atoms with E-state index in [0.717, 1.165) is 16.8 Å². The number of rotatable bonds is 2. The molecular weight excluding hydrogens is 295 g/mol. The van der Waals surface area contributed by atoms with E-state index in [-0.39, 0.29) is 0 Å². The summed E-state index contributed by atoms with van der Waals surface area (Å²) in [4.78, 5) is 19.6. The van der Waals surface area contributed by atoms with Gasteiger partial charge in [-0.05, 0) is 52.2 Å². The number of aryl methyl sites for hydroxylation is 1. The van der Waals surface area contributed by atoms with Gasteiger partial charge in [0, 0.05) is 0 Å². The summed E-state index contributed by atoms with van der Waals surface area (Å²) in [6.07, 6.45) is 0. The maximum Gasteiger partial charge on any atom is 0.494 e. The molecule has 0 bridgehead atoms. The third-order valence-electron chi connectivity index (χ3n) is 4.66. The molecule has 1 aromatic carbocycles. The van der Waals surface area contributed by atoms with Crippen LogP contribution in [0.3, 0.4) is 0 Å². The van der Waals surface area contributed by atoms with E-state index in [9.17, 15) is 4.79 Å². The van der Waals surface area contributed by atoms with Crippen LogP contribution in [0.25, 0.3) is 11.0 Å². The normalized spacial score (nSPS) is 19.3. The fourth-order valence-electron chi connectivity index (χ4n) is 2.64. The van der Waals surface area contributed by atoms with Gasteiger partial charge in [-0.3, -0.25) is 0 Å². The monoisotopic (exact) mass is 316 g/mol. The van der Waals surface area contributed by atoms with E-state index in [1.54, 1.807) is 6.07 Å². The van der Waals surface area contributed by atoms with Crippen LogP contribution >= 0.6 is 0 Å². The van der Waals surface area contributed by atoms with Crippen LogP contribution in [0.1, 0.15) is 43.9 Å². The van der Waals surface area contributed by atoms with Crippen LogP contribution < -0.4 is 5.46 Å². The Morgan fingerprint density at radius 1 is 1.22 bits per heavy atom. The van der Waals surface area contributed by atoms with Crippen LogP contribution in [-0.2, 0) is 14.0 Å². The van der Waals surface area contributed by atoms with Crippen molar-refractivity contribution < 1.29 is 18.8 Å². The SMILES string of the molecule is COC(=O)c1cc(B2OC(C)(C)C(C)(C)O2)cc2[nH]c(C)nc12. The number of benzene rings is 1. The number of methoxy groups -OCH3 is 1. The summed E-state index contributed by atoms with van der Waals surface area (Å²) in [6.45, 7) is 9.82. The molecule has 7 heteroatoms. The molecule has 2 aromatic rings. The fourth-order valence-corrected chi connectivity index (χ4v) is 2.64. The second-order valence-electron chi connectivity index (χ2n) is 6.87. The van der Waals surface area contributed by atoms with Crippen molar-refractivity contribution in [2.24, 2.45) is 0 Å². The van der Waals surface area contributed by atoms with Gasteiger partial charge in [0.15, 0.2) is 0 Å².